The molecule has 0 saturated heterocycles. The number of likely N-dealkylation sites (N-methyl/N-ethyl adjacent to an activating group) is 2. The molecule has 1 amide bonds. The first-order chi connectivity index (χ1) is 11.6. The van der Waals surface area contributed by atoms with Gasteiger partial charge in [-0.1, -0.05) is 31.2 Å². The van der Waals surface area contributed by atoms with Crippen LogP contribution in [0, 0.1) is 0 Å². The summed E-state index contributed by atoms with van der Waals surface area (Å²) in [5.41, 5.74) is 2.56. The lowest BCUT2D eigenvalue weighted by Gasteiger charge is -2.35. The third-order valence-corrected chi connectivity index (χ3v) is 4.60. The van der Waals surface area contributed by atoms with Gasteiger partial charge in [0, 0.05) is 19.5 Å². The molecule has 0 saturated carbocycles. The molecule has 0 aliphatic carbocycles. The van der Waals surface area contributed by atoms with Crippen LogP contribution < -0.4 is 0 Å². The van der Waals surface area contributed by atoms with Gasteiger partial charge in [-0.2, -0.15) is 0 Å². The molecule has 2 aromatic rings. The molecule has 6 heteroatoms. The minimum absolute atomic E-state index is 0.116. The van der Waals surface area contributed by atoms with Crippen molar-refractivity contribution in [1.82, 2.24) is 20.0 Å². The number of carbonyl (C=O) groups is 1. The Morgan fingerprint density at radius 2 is 1.96 bits per heavy atom. The highest BCUT2D eigenvalue weighted by Crippen LogP contribution is 2.23. The van der Waals surface area contributed by atoms with E-state index in [-0.39, 0.29) is 11.9 Å². The molecule has 3 rings (SSSR count). The zero-order valence-electron chi connectivity index (χ0n) is 14.5. The summed E-state index contributed by atoms with van der Waals surface area (Å²) in [7, 11) is 2.01. The zero-order valence-corrected chi connectivity index (χ0v) is 14.5. The number of hydrogen-bond acceptors (Lipinski definition) is 5. The van der Waals surface area contributed by atoms with Gasteiger partial charge in [0.25, 0.3) is 0 Å². The van der Waals surface area contributed by atoms with Crippen molar-refractivity contribution in [1.29, 1.82) is 0 Å². The van der Waals surface area contributed by atoms with E-state index in [1.807, 2.05) is 33.0 Å². The second kappa shape index (κ2) is 7.13. The van der Waals surface area contributed by atoms with Gasteiger partial charge in [0.2, 0.25) is 17.7 Å². The van der Waals surface area contributed by atoms with E-state index in [0.29, 0.717) is 31.3 Å². The fraction of sp³-hybridized carbons (Fsp3) is 0.500. The van der Waals surface area contributed by atoms with Crippen LogP contribution in [-0.2, 0) is 30.7 Å². The lowest BCUT2D eigenvalue weighted by atomic mass is 9.93. The van der Waals surface area contributed by atoms with E-state index in [9.17, 15) is 4.79 Å². The van der Waals surface area contributed by atoms with Crippen molar-refractivity contribution in [2.24, 2.45) is 0 Å². The van der Waals surface area contributed by atoms with Gasteiger partial charge in [0.15, 0.2) is 0 Å². The molecule has 1 atom stereocenters. The quantitative estimate of drug-likeness (QED) is 0.840. The molecular weight excluding hydrogens is 304 g/mol. The van der Waals surface area contributed by atoms with Crippen molar-refractivity contribution in [2.75, 3.05) is 13.6 Å². The van der Waals surface area contributed by atoms with Crippen molar-refractivity contribution in [2.45, 2.75) is 45.8 Å². The number of amides is 1. The lowest BCUT2D eigenvalue weighted by Crippen LogP contribution is -2.49. The Labute approximate surface area is 142 Å². The largest absolute Gasteiger partial charge is 0.423 e. The van der Waals surface area contributed by atoms with E-state index in [2.05, 4.69) is 27.2 Å². The Bertz CT molecular complexity index is 713. The molecule has 0 bridgehead atoms. The second-order valence-corrected chi connectivity index (χ2v) is 6.20. The highest BCUT2D eigenvalue weighted by molar-refractivity contribution is 5.82. The maximum Gasteiger partial charge on any atom is 0.240 e. The number of rotatable bonds is 5. The van der Waals surface area contributed by atoms with Crippen molar-refractivity contribution >= 4 is 5.91 Å². The van der Waals surface area contributed by atoms with Gasteiger partial charge in [-0.3, -0.25) is 9.69 Å². The third kappa shape index (κ3) is 3.33. The van der Waals surface area contributed by atoms with E-state index < -0.39 is 0 Å². The Morgan fingerprint density at radius 3 is 2.62 bits per heavy atom. The summed E-state index contributed by atoms with van der Waals surface area (Å²) in [4.78, 5) is 16.9. The van der Waals surface area contributed by atoms with Crippen LogP contribution in [0.25, 0.3) is 0 Å². The highest BCUT2D eigenvalue weighted by atomic mass is 16.4. The second-order valence-electron chi connectivity index (χ2n) is 6.20. The molecule has 2 heterocycles. The van der Waals surface area contributed by atoms with E-state index >= 15 is 0 Å². The number of aromatic nitrogens is 2. The van der Waals surface area contributed by atoms with E-state index in [0.717, 1.165) is 13.0 Å². The van der Waals surface area contributed by atoms with Gasteiger partial charge < -0.3 is 9.32 Å². The van der Waals surface area contributed by atoms with Crippen LogP contribution in [0.2, 0.25) is 0 Å². The summed E-state index contributed by atoms with van der Waals surface area (Å²) in [5.74, 6) is 1.23. The molecular formula is C18H24N4O2. The van der Waals surface area contributed by atoms with Crippen molar-refractivity contribution < 1.29 is 9.21 Å². The van der Waals surface area contributed by atoms with E-state index in [1.165, 1.54) is 11.1 Å². The SMILES string of the molecule is CCc1nnc(CN(CC)C(=O)[C@H]2Cc3ccccc3CN2C)o1. The predicted octanol–water partition coefficient (Wildman–Crippen LogP) is 2.04. The molecule has 24 heavy (non-hydrogen) atoms. The zero-order chi connectivity index (χ0) is 17.1. The molecule has 128 valence electrons. The van der Waals surface area contributed by atoms with E-state index in [4.69, 9.17) is 4.42 Å². The van der Waals surface area contributed by atoms with Crippen LogP contribution >= 0.6 is 0 Å². The van der Waals surface area contributed by atoms with Gasteiger partial charge in [-0.25, -0.2) is 0 Å². The summed E-state index contributed by atoms with van der Waals surface area (Å²) in [6.45, 7) is 5.73. The Hall–Kier alpha value is -2.21. The summed E-state index contributed by atoms with van der Waals surface area (Å²) >= 11 is 0. The number of hydrogen-bond donors (Lipinski definition) is 0. The summed E-state index contributed by atoms with van der Waals surface area (Å²) in [6, 6.07) is 8.19. The summed E-state index contributed by atoms with van der Waals surface area (Å²) < 4.78 is 5.56. The topological polar surface area (TPSA) is 62.5 Å². The number of aryl methyl sites for hydroxylation is 1. The van der Waals surface area contributed by atoms with Gasteiger partial charge in [-0.05, 0) is 31.5 Å². The first kappa shape index (κ1) is 16.6. The number of benzene rings is 1. The van der Waals surface area contributed by atoms with E-state index in [1.54, 1.807) is 4.90 Å². The first-order valence-electron chi connectivity index (χ1n) is 8.49. The Balaban J connectivity index is 1.74. The molecule has 0 spiro atoms. The van der Waals surface area contributed by atoms with Gasteiger partial charge >= 0.3 is 0 Å². The van der Waals surface area contributed by atoms with Crippen molar-refractivity contribution in [3.8, 4) is 0 Å². The number of fused-ring (bicyclic) bond motifs is 1. The summed E-state index contributed by atoms with van der Waals surface area (Å²) in [5, 5.41) is 8.01. The van der Waals surface area contributed by atoms with Gasteiger partial charge in [0.05, 0.1) is 12.6 Å². The minimum atomic E-state index is -0.145. The average molecular weight is 328 g/mol. The molecule has 0 unspecified atom stereocenters. The monoisotopic (exact) mass is 328 g/mol. The lowest BCUT2D eigenvalue weighted by molar-refractivity contribution is -0.137. The normalized spacial score (nSPS) is 17.5. The number of carbonyl (C=O) groups excluding carboxylic acids is 1. The molecule has 0 radical (unpaired) electrons. The maximum atomic E-state index is 13.0. The van der Waals surface area contributed by atoms with Crippen LogP contribution in [0.15, 0.2) is 28.7 Å². The van der Waals surface area contributed by atoms with Crippen LogP contribution in [0.1, 0.15) is 36.8 Å². The molecule has 1 aromatic carbocycles. The molecule has 0 fully saturated rings. The fourth-order valence-corrected chi connectivity index (χ4v) is 3.14. The highest BCUT2D eigenvalue weighted by Gasteiger charge is 2.32. The Morgan fingerprint density at radius 1 is 1.25 bits per heavy atom. The molecule has 0 N–H and O–H groups in total. The van der Waals surface area contributed by atoms with Crippen molar-refractivity contribution in [3.63, 3.8) is 0 Å². The average Bonchev–Trinajstić information content (AvgIpc) is 3.06. The minimum Gasteiger partial charge on any atom is -0.423 e. The van der Waals surface area contributed by atoms with Gasteiger partial charge in [-0.15, -0.1) is 10.2 Å². The number of nitrogens with zero attached hydrogens (tertiary/aromatic N) is 4. The molecule has 6 nitrogen and oxygen atoms in total. The standard InChI is InChI=1S/C18H24N4O2/c1-4-16-19-20-17(24-16)12-22(5-2)18(23)15-10-13-8-6-7-9-14(13)11-21(15)3/h6-9,15H,4-5,10-12H2,1-3H3/t15-/m1/s1. The smallest absolute Gasteiger partial charge is 0.240 e. The van der Waals surface area contributed by atoms with Crippen LogP contribution in [0.4, 0.5) is 0 Å². The van der Waals surface area contributed by atoms with Crippen LogP contribution in [0.5, 0.6) is 0 Å². The van der Waals surface area contributed by atoms with Crippen LogP contribution in [0.3, 0.4) is 0 Å². The molecule has 1 aromatic heterocycles. The van der Waals surface area contributed by atoms with Crippen LogP contribution in [-0.4, -0.2) is 45.5 Å². The summed E-state index contributed by atoms with van der Waals surface area (Å²) in [6.07, 6.45) is 1.45. The molecule has 1 aliphatic rings. The van der Waals surface area contributed by atoms with Gasteiger partial charge in [0.1, 0.15) is 0 Å². The molecule has 1 aliphatic heterocycles. The third-order valence-electron chi connectivity index (χ3n) is 4.60. The van der Waals surface area contributed by atoms with Crippen molar-refractivity contribution in [3.05, 3.63) is 47.2 Å². The maximum absolute atomic E-state index is 13.0. The fourth-order valence-electron chi connectivity index (χ4n) is 3.14. The first-order valence-corrected chi connectivity index (χ1v) is 8.49. The Kier molecular flexibility index (Phi) is 4.94. The predicted molar refractivity (Wildman–Crippen MR) is 90.2 cm³/mol.